The minimum atomic E-state index is 0.714. The summed E-state index contributed by atoms with van der Waals surface area (Å²) in [6, 6.07) is 11.7. The Hall–Kier alpha value is -0.770. The van der Waals surface area contributed by atoms with Crippen LogP contribution in [0.2, 0.25) is 0 Å². The number of fused-ring (bicyclic) bond motifs is 1. The van der Waals surface area contributed by atoms with Gasteiger partial charge in [-0.15, -0.1) is 4.73 Å². The maximum atomic E-state index is 5.28. The number of halogens is 2. The third-order valence-corrected chi connectivity index (χ3v) is 4.40. The Morgan fingerprint density at radius 3 is 2.85 bits per heavy atom. The van der Waals surface area contributed by atoms with Gasteiger partial charge in [0.05, 0.1) is 18.2 Å². The summed E-state index contributed by atoms with van der Waals surface area (Å²) in [5, 5.41) is 1.01. The molecule has 0 N–H and O–H groups in total. The third-order valence-electron chi connectivity index (χ3n) is 2.51. The lowest BCUT2D eigenvalue weighted by Gasteiger charge is -2.04. The van der Waals surface area contributed by atoms with Gasteiger partial charge in [-0.05, 0) is 56.7 Å². The molecular weight excluding hydrogens is 455 g/mol. The molecule has 0 aliphatic carbocycles. The summed E-state index contributed by atoms with van der Waals surface area (Å²) in [4.78, 5) is 10.6. The van der Waals surface area contributed by atoms with Crippen LogP contribution in [0.4, 0.5) is 0 Å². The van der Waals surface area contributed by atoms with Gasteiger partial charge in [0.25, 0.3) is 0 Å². The van der Waals surface area contributed by atoms with Crippen LogP contribution in [0.3, 0.4) is 0 Å². The van der Waals surface area contributed by atoms with Crippen LogP contribution in [0.25, 0.3) is 11.0 Å². The number of pyridine rings is 1. The Bertz CT molecular complexity index is 736. The standard InChI is InChI=1S/C13H8BrIN2O2S/c14-9-6-11-12(15)8-17(13(11)16-7-9)18-19-20-10-4-2-1-3-5-10/h1-8H. The molecule has 7 heteroatoms. The molecule has 0 unspecified atom stereocenters. The van der Waals surface area contributed by atoms with E-state index in [0.29, 0.717) is 5.65 Å². The van der Waals surface area contributed by atoms with E-state index < -0.39 is 0 Å². The van der Waals surface area contributed by atoms with Gasteiger partial charge in [0, 0.05) is 24.5 Å². The van der Waals surface area contributed by atoms with E-state index >= 15 is 0 Å². The molecule has 0 saturated carbocycles. The molecule has 4 nitrogen and oxygen atoms in total. The van der Waals surface area contributed by atoms with Crippen LogP contribution in [0.15, 0.2) is 58.2 Å². The highest BCUT2D eigenvalue weighted by Crippen LogP contribution is 2.24. The zero-order valence-electron chi connectivity index (χ0n) is 9.99. The molecule has 0 bridgehead atoms. The van der Waals surface area contributed by atoms with Gasteiger partial charge in [-0.3, -0.25) is 0 Å². The van der Waals surface area contributed by atoms with Crippen molar-refractivity contribution < 1.29 is 9.32 Å². The van der Waals surface area contributed by atoms with Crippen molar-refractivity contribution in [3.05, 3.63) is 56.8 Å². The van der Waals surface area contributed by atoms with E-state index in [2.05, 4.69) is 43.5 Å². The topological polar surface area (TPSA) is 36.3 Å². The lowest BCUT2D eigenvalue weighted by atomic mass is 10.3. The second-order valence-electron chi connectivity index (χ2n) is 3.87. The summed E-state index contributed by atoms with van der Waals surface area (Å²) in [5.74, 6) is 0. The Morgan fingerprint density at radius 1 is 1.25 bits per heavy atom. The fourth-order valence-corrected chi connectivity index (χ4v) is 3.06. The van der Waals surface area contributed by atoms with Crippen LogP contribution < -0.4 is 4.99 Å². The molecule has 3 aromatic rings. The molecule has 20 heavy (non-hydrogen) atoms. The molecule has 2 heterocycles. The highest BCUT2D eigenvalue weighted by atomic mass is 127. The molecule has 102 valence electrons. The van der Waals surface area contributed by atoms with Crippen molar-refractivity contribution in [2.75, 3.05) is 0 Å². The molecule has 0 aliphatic heterocycles. The number of aromatic nitrogens is 2. The molecule has 1 aromatic carbocycles. The minimum absolute atomic E-state index is 0.714. The summed E-state index contributed by atoms with van der Waals surface area (Å²) < 4.78 is 8.67. The van der Waals surface area contributed by atoms with Gasteiger partial charge in [-0.25, -0.2) is 9.97 Å². The number of rotatable bonds is 4. The van der Waals surface area contributed by atoms with Crippen LogP contribution in [0, 0.1) is 3.57 Å². The molecule has 0 saturated heterocycles. The Balaban J connectivity index is 1.75. The van der Waals surface area contributed by atoms with E-state index in [1.165, 1.54) is 4.73 Å². The number of hydrogen-bond acceptors (Lipinski definition) is 4. The predicted octanol–water partition coefficient (Wildman–Crippen LogP) is 4.47. The molecule has 0 amide bonds. The molecule has 2 aromatic heterocycles. The summed E-state index contributed by atoms with van der Waals surface area (Å²) in [7, 11) is 0. The maximum absolute atomic E-state index is 5.28. The van der Waals surface area contributed by atoms with Gasteiger partial charge in [0.15, 0.2) is 5.65 Å². The smallest absolute Gasteiger partial charge is 0.180 e. The molecule has 0 fully saturated rings. The van der Waals surface area contributed by atoms with Crippen molar-refractivity contribution in [2.24, 2.45) is 0 Å². The first-order chi connectivity index (χ1) is 9.74. The quantitative estimate of drug-likeness (QED) is 0.248. The summed E-state index contributed by atoms with van der Waals surface area (Å²) in [5.41, 5.74) is 0.714. The van der Waals surface area contributed by atoms with Crippen LogP contribution in [0.5, 0.6) is 0 Å². The summed E-state index contributed by atoms with van der Waals surface area (Å²) in [6.45, 7) is 0. The molecule has 0 atom stereocenters. The monoisotopic (exact) mass is 462 g/mol. The Labute approximate surface area is 141 Å². The van der Waals surface area contributed by atoms with Crippen molar-refractivity contribution in [1.29, 1.82) is 0 Å². The summed E-state index contributed by atoms with van der Waals surface area (Å²) in [6.07, 6.45) is 3.55. The number of hydrogen-bond donors (Lipinski definition) is 0. The zero-order chi connectivity index (χ0) is 13.9. The molecule has 0 aliphatic rings. The van der Waals surface area contributed by atoms with E-state index in [0.717, 1.165) is 30.4 Å². The fraction of sp³-hybridized carbons (Fsp3) is 0. The molecule has 0 spiro atoms. The van der Waals surface area contributed by atoms with Crippen LogP contribution in [-0.2, 0) is 4.33 Å². The highest BCUT2D eigenvalue weighted by Gasteiger charge is 2.10. The normalized spacial score (nSPS) is 10.9. The number of nitrogens with zero attached hydrogens (tertiary/aromatic N) is 2. The van der Waals surface area contributed by atoms with Crippen molar-refractivity contribution in [3.63, 3.8) is 0 Å². The maximum Gasteiger partial charge on any atom is 0.180 e. The first-order valence-corrected chi connectivity index (χ1v) is 8.24. The number of benzene rings is 1. The van der Waals surface area contributed by atoms with E-state index in [9.17, 15) is 0 Å². The fourth-order valence-electron chi connectivity index (χ4n) is 1.64. The van der Waals surface area contributed by atoms with Gasteiger partial charge >= 0.3 is 0 Å². The molecular formula is C13H8BrIN2O2S. The van der Waals surface area contributed by atoms with E-state index in [-0.39, 0.29) is 0 Å². The predicted molar refractivity (Wildman–Crippen MR) is 90.1 cm³/mol. The van der Waals surface area contributed by atoms with Crippen molar-refractivity contribution in [3.8, 4) is 0 Å². The van der Waals surface area contributed by atoms with Crippen molar-refractivity contribution in [1.82, 2.24) is 9.71 Å². The second-order valence-corrected chi connectivity index (χ2v) is 6.72. The van der Waals surface area contributed by atoms with E-state index in [4.69, 9.17) is 9.32 Å². The third kappa shape index (κ3) is 3.11. The van der Waals surface area contributed by atoms with Gasteiger partial charge in [-0.2, -0.15) is 0 Å². The van der Waals surface area contributed by atoms with Crippen LogP contribution >= 0.6 is 50.6 Å². The van der Waals surface area contributed by atoms with Crippen molar-refractivity contribution >= 4 is 61.6 Å². The zero-order valence-corrected chi connectivity index (χ0v) is 14.6. The Kier molecular flexibility index (Phi) is 4.49. The summed E-state index contributed by atoms with van der Waals surface area (Å²) >= 11 is 6.80. The van der Waals surface area contributed by atoms with E-state index in [1.807, 2.05) is 42.6 Å². The molecule has 0 radical (unpaired) electrons. The minimum Gasteiger partial charge on any atom is -0.234 e. The van der Waals surface area contributed by atoms with Gasteiger partial charge in [-0.1, -0.05) is 22.5 Å². The molecule has 3 rings (SSSR count). The first-order valence-electron chi connectivity index (χ1n) is 5.63. The highest BCUT2D eigenvalue weighted by molar-refractivity contribution is 14.1. The average molecular weight is 463 g/mol. The van der Waals surface area contributed by atoms with Crippen LogP contribution in [-0.4, -0.2) is 9.71 Å². The average Bonchev–Trinajstić information content (AvgIpc) is 2.76. The lowest BCUT2D eigenvalue weighted by molar-refractivity contribution is -0.188. The second kappa shape index (κ2) is 6.33. The first kappa shape index (κ1) is 14.2. The largest absolute Gasteiger partial charge is 0.234 e. The van der Waals surface area contributed by atoms with Crippen molar-refractivity contribution in [2.45, 2.75) is 4.90 Å². The lowest BCUT2D eigenvalue weighted by Crippen LogP contribution is -2.07. The SMILES string of the molecule is Brc1cnc2c(c1)c(I)cn2OOSc1ccccc1. The van der Waals surface area contributed by atoms with Gasteiger partial charge in [0.2, 0.25) is 0 Å². The van der Waals surface area contributed by atoms with Crippen LogP contribution in [0.1, 0.15) is 0 Å². The Morgan fingerprint density at radius 2 is 2.05 bits per heavy atom. The van der Waals surface area contributed by atoms with Gasteiger partial charge < -0.3 is 0 Å². The van der Waals surface area contributed by atoms with Gasteiger partial charge in [0.1, 0.15) is 0 Å². The van der Waals surface area contributed by atoms with E-state index in [1.54, 1.807) is 6.20 Å².